The Morgan fingerprint density at radius 3 is 2.63 bits per heavy atom. The highest BCUT2D eigenvalue weighted by Gasteiger charge is 2.28. The van der Waals surface area contributed by atoms with Crippen molar-refractivity contribution in [2.45, 2.75) is 58.8 Å². The zero-order valence-electron chi connectivity index (χ0n) is 17.8. The summed E-state index contributed by atoms with van der Waals surface area (Å²) < 4.78 is 27.1. The third-order valence-electron chi connectivity index (χ3n) is 4.91. The van der Waals surface area contributed by atoms with E-state index in [-0.39, 0.29) is 24.3 Å². The smallest absolute Gasteiger partial charge is 0.410 e. The monoisotopic (exact) mass is 414 g/mol. The van der Waals surface area contributed by atoms with E-state index in [9.17, 15) is 9.18 Å². The summed E-state index contributed by atoms with van der Waals surface area (Å²) in [5.41, 5.74) is 0.995. The van der Waals surface area contributed by atoms with Crippen molar-refractivity contribution in [2.75, 3.05) is 13.1 Å². The first-order chi connectivity index (χ1) is 14.2. The maximum absolute atomic E-state index is 14.0. The van der Waals surface area contributed by atoms with Gasteiger partial charge in [-0.3, -0.25) is 4.68 Å². The summed E-state index contributed by atoms with van der Waals surface area (Å²) >= 11 is 0. The van der Waals surface area contributed by atoms with Crippen LogP contribution in [0.5, 0.6) is 5.88 Å². The van der Waals surface area contributed by atoms with Crippen LogP contribution < -0.4 is 4.74 Å². The lowest BCUT2D eigenvalue weighted by Gasteiger charge is -2.33. The maximum atomic E-state index is 14.0. The first-order valence-corrected chi connectivity index (χ1v) is 10.0. The molecule has 0 saturated carbocycles. The molecule has 1 aliphatic rings. The van der Waals surface area contributed by atoms with E-state index in [1.165, 1.54) is 6.07 Å². The standard InChI is InChI=1S/C22H27FN4O3/c1-15-13-27(18-7-9-26(10-8-18)21(28)30-22(2,3)4)25-20(15)29-14-17-6-5-16(12-24)11-19(17)23/h5-6,11,13,18H,7-10,14H2,1-4H3. The van der Waals surface area contributed by atoms with Crippen LogP contribution in [0.15, 0.2) is 24.4 Å². The van der Waals surface area contributed by atoms with Crippen LogP contribution in [-0.4, -0.2) is 39.5 Å². The molecule has 0 N–H and O–H groups in total. The molecule has 1 fully saturated rings. The number of carbonyl (C=O) groups excluding carboxylic acids is 1. The summed E-state index contributed by atoms with van der Waals surface area (Å²) in [5, 5.41) is 13.4. The Labute approximate surface area is 176 Å². The van der Waals surface area contributed by atoms with Crippen molar-refractivity contribution in [3.63, 3.8) is 0 Å². The number of benzene rings is 1. The minimum absolute atomic E-state index is 0.0342. The fourth-order valence-electron chi connectivity index (χ4n) is 3.32. The summed E-state index contributed by atoms with van der Waals surface area (Å²) in [4.78, 5) is 13.9. The van der Waals surface area contributed by atoms with E-state index < -0.39 is 11.4 Å². The van der Waals surface area contributed by atoms with E-state index in [0.29, 0.717) is 24.5 Å². The molecular formula is C22H27FN4O3. The van der Waals surface area contributed by atoms with Crippen LogP contribution in [-0.2, 0) is 11.3 Å². The second-order valence-electron chi connectivity index (χ2n) is 8.50. The van der Waals surface area contributed by atoms with Crippen LogP contribution >= 0.6 is 0 Å². The summed E-state index contributed by atoms with van der Waals surface area (Å²) in [6.07, 6.45) is 3.16. The average molecular weight is 414 g/mol. The van der Waals surface area contributed by atoms with Gasteiger partial charge in [0.2, 0.25) is 5.88 Å². The fraction of sp³-hybridized carbons (Fsp3) is 0.500. The lowest BCUT2D eigenvalue weighted by Crippen LogP contribution is -2.42. The van der Waals surface area contributed by atoms with Gasteiger partial charge in [0.1, 0.15) is 18.0 Å². The van der Waals surface area contributed by atoms with Gasteiger partial charge in [0.25, 0.3) is 0 Å². The van der Waals surface area contributed by atoms with E-state index in [1.807, 2.05) is 44.6 Å². The highest BCUT2D eigenvalue weighted by atomic mass is 19.1. The Morgan fingerprint density at radius 2 is 2.03 bits per heavy atom. The molecule has 1 amide bonds. The van der Waals surface area contributed by atoms with Gasteiger partial charge < -0.3 is 14.4 Å². The van der Waals surface area contributed by atoms with Crippen LogP contribution in [0, 0.1) is 24.1 Å². The Kier molecular flexibility index (Phi) is 6.30. The molecule has 7 nitrogen and oxygen atoms in total. The first kappa shape index (κ1) is 21.6. The number of ether oxygens (including phenoxy) is 2. The number of rotatable bonds is 4. The van der Waals surface area contributed by atoms with Crippen LogP contribution in [0.1, 0.15) is 56.3 Å². The first-order valence-electron chi connectivity index (χ1n) is 10.0. The molecule has 0 radical (unpaired) electrons. The number of aromatic nitrogens is 2. The van der Waals surface area contributed by atoms with Crippen molar-refractivity contribution >= 4 is 6.09 Å². The zero-order valence-corrected chi connectivity index (χ0v) is 17.8. The van der Waals surface area contributed by atoms with Crippen molar-refractivity contribution in [3.8, 4) is 11.9 Å². The second-order valence-corrected chi connectivity index (χ2v) is 8.50. The number of hydrogen-bond acceptors (Lipinski definition) is 5. The zero-order chi connectivity index (χ0) is 21.9. The predicted molar refractivity (Wildman–Crippen MR) is 108 cm³/mol. The fourth-order valence-corrected chi connectivity index (χ4v) is 3.32. The second kappa shape index (κ2) is 8.74. The molecule has 2 aromatic rings. The molecular weight excluding hydrogens is 387 g/mol. The largest absolute Gasteiger partial charge is 0.471 e. The highest BCUT2D eigenvalue weighted by Crippen LogP contribution is 2.27. The third kappa shape index (κ3) is 5.29. The molecule has 0 atom stereocenters. The van der Waals surface area contributed by atoms with Crippen LogP contribution in [0.4, 0.5) is 9.18 Å². The highest BCUT2D eigenvalue weighted by molar-refractivity contribution is 5.68. The number of nitrogens with zero attached hydrogens (tertiary/aromatic N) is 4. The molecule has 0 spiro atoms. The van der Waals surface area contributed by atoms with Crippen molar-refractivity contribution in [2.24, 2.45) is 0 Å². The van der Waals surface area contributed by atoms with Crippen molar-refractivity contribution in [1.29, 1.82) is 5.26 Å². The van der Waals surface area contributed by atoms with Gasteiger partial charge in [-0.2, -0.15) is 5.26 Å². The van der Waals surface area contributed by atoms with Crippen molar-refractivity contribution in [3.05, 3.63) is 46.9 Å². The van der Waals surface area contributed by atoms with Crippen LogP contribution in [0.2, 0.25) is 0 Å². The van der Waals surface area contributed by atoms with Crippen molar-refractivity contribution in [1.82, 2.24) is 14.7 Å². The number of hydrogen-bond donors (Lipinski definition) is 0. The molecule has 2 heterocycles. The molecule has 0 unspecified atom stereocenters. The summed E-state index contributed by atoms with van der Waals surface area (Å²) in [6, 6.07) is 6.37. The number of carbonyl (C=O) groups is 1. The Hall–Kier alpha value is -3.08. The minimum Gasteiger partial charge on any atom is -0.471 e. The Balaban J connectivity index is 1.58. The molecule has 160 valence electrons. The number of amides is 1. The van der Waals surface area contributed by atoms with Crippen molar-refractivity contribution < 1.29 is 18.7 Å². The quantitative estimate of drug-likeness (QED) is 0.743. The third-order valence-corrected chi connectivity index (χ3v) is 4.91. The summed E-state index contributed by atoms with van der Waals surface area (Å²) in [5.74, 6) is -0.0195. The SMILES string of the molecule is Cc1cn(C2CCN(C(=O)OC(C)(C)C)CC2)nc1OCc1ccc(C#N)cc1F. The van der Waals surface area contributed by atoms with Gasteiger partial charge in [0, 0.05) is 30.4 Å². The molecule has 0 aliphatic carbocycles. The van der Waals surface area contributed by atoms with Crippen LogP contribution in [0.3, 0.4) is 0 Å². The number of piperidine rings is 1. The van der Waals surface area contributed by atoms with Gasteiger partial charge in [0.15, 0.2) is 0 Å². The average Bonchev–Trinajstić information content (AvgIpc) is 3.06. The number of nitriles is 1. The molecule has 1 aromatic carbocycles. The maximum Gasteiger partial charge on any atom is 0.410 e. The summed E-state index contributed by atoms with van der Waals surface area (Å²) in [6.45, 7) is 8.70. The van der Waals surface area contributed by atoms with E-state index in [0.717, 1.165) is 18.4 Å². The predicted octanol–water partition coefficient (Wildman–Crippen LogP) is 4.35. The van der Waals surface area contributed by atoms with E-state index in [4.69, 9.17) is 14.7 Å². The molecule has 30 heavy (non-hydrogen) atoms. The molecule has 3 rings (SSSR count). The van der Waals surface area contributed by atoms with E-state index >= 15 is 0 Å². The number of halogens is 1. The van der Waals surface area contributed by atoms with E-state index in [1.54, 1.807) is 17.0 Å². The molecule has 1 saturated heterocycles. The lowest BCUT2D eigenvalue weighted by atomic mass is 10.1. The van der Waals surface area contributed by atoms with E-state index in [2.05, 4.69) is 5.10 Å². The molecule has 8 heteroatoms. The topological polar surface area (TPSA) is 80.4 Å². The van der Waals surface area contributed by atoms with Gasteiger partial charge in [-0.15, -0.1) is 5.10 Å². The van der Waals surface area contributed by atoms with Gasteiger partial charge >= 0.3 is 6.09 Å². The van der Waals surface area contributed by atoms with Gasteiger partial charge in [-0.1, -0.05) is 6.07 Å². The number of likely N-dealkylation sites (tertiary alicyclic amines) is 1. The normalized spacial score (nSPS) is 15.0. The van der Waals surface area contributed by atoms with Gasteiger partial charge in [0.05, 0.1) is 17.7 Å². The molecule has 1 aromatic heterocycles. The van der Waals surface area contributed by atoms with Gasteiger partial charge in [-0.05, 0) is 52.7 Å². The lowest BCUT2D eigenvalue weighted by molar-refractivity contribution is 0.0184. The Morgan fingerprint density at radius 1 is 1.33 bits per heavy atom. The van der Waals surface area contributed by atoms with Crippen LogP contribution in [0.25, 0.3) is 0 Å². The van der Waals surface area contributed by atoms with Gasteiger partial charge in [-0.25, -0.2) is 9.18 Å². The minimum atomic E-state index is -0.506. The number of aryl methyl sites for hydroxylation is 1. The Bertz CT molecular complexity index is 950. The summed E-state index contributed by atoms with van der Waals surface area (Å²) in [7, 11) is 0. The molecule has 0 bridgehead atoms. The molecule has 1 aliphatic heterocycles.